The Morgan fingerprint density at radius 1 is 0.359 bits per heavy atom. The summed E-state index contributed by atoms with van der Waals surface area (Å²) in [6.45, 7) is 4.88. The molecule has 0 saturated heterocycles. The summed E-state index contributed by atoms with van der Waals surface area (Å²) in [4.78, 5) is 24.5. The maximum Gasteiger partial charge on any atom is 0.305 e. The van der Waals surface area contributed by atoms with Crippen LogP contribution < -0.4 is 5.32 Å². The molecule has 6 nitrogen and oxygen atoms in total. The van der Waals surface area contributed by atoms with Crippen LogP contribution in [0.15, 0.2) is 60.8 Å². The van der Waals surface area contributed by atoms with Gasteiger partial charge in [-0.3, -0.25) is 9.59 Å². The van der Waals surface area contributed by atoms with Gasteiger partial charge in [0.1, 0.15) is 0 Å². The van der Waals surface area contributed by atoms with Crippen molar-refractivity contribution in [3.05, 3.63) is 60.8 Å². The second kappa shape index (κ2) is 67.1. The molecule has 0 spiro atoms. The normalized spacial score (nSPS) is 12.9. The third kappa shape index (κ3) is 62.8. The van der Waals surface area contributed by atoms with Gasteiger partial charge in [-0.15, -0.1) is 0 Å². The van der Waals surface area contributed by atoms with E-state index in [1.54, 1.807) is 6.08 Å². The van der Waals surface area contributed by atoms with Crippen molar-refractivity contribution in [1.29, 1.82) is 0 Å². The third-order valence-electron chi connectivity index (χ3n) is 15.8. The molecule has 0 bridgehead atoms. The number of nitrogens with one attached hydrogen (secondary N) is 1. The van der Waals surface area contributed by atoms with Gasteiger partial charge in [0.25, 0.3) is 0 Å². The van der Waals surface area contributed by atoms with Crippen LogP contribution in [0, 0.1) is 0 Å². The van der Waals surface area contributed by atoms with E-state index in [4.69, 9.17) is 4.74 Å². The summed E-state index contributed by atoms with van der Waals surface area (Å²) in [5.74, 6) is -0.0677. The van der Waals surface area contributed by atoms with Gasteiger partial charge in [0, 0.05) is 12.8 Å². The van der Waals surface area contributed by atoms with Crippen molar-refractivity contribution < 1.29 is 24.5 Å². The smallest absolute Gasteiger partial charge is 0.305 e. The van der Waals surface area contributed by atoms with Crippen molar-refractivity contribution >= 4 is 11.9 Å². The van der Waals surface area contributed by atoms with Crippen LogP contribution in [0.3, 0.4) is 0 Å². The van der Waals surface area contributed by atoms with Crippen molar-refractivity contribution in [2.24, 2.45) is 0 Å². The number of allylic oxidation sites excluding steroid dienone is 9. The lowest BCUT2D eigenvalue weighted by atomic mass is 10.0. The van der Waals surface area contributed by atoms with Crippen molar-refractivity contribution in [2.75, 3.05) is 13.2 Å². The summed E-state index contributed by atoms with van der Waals surface area (Å²) >= 11 is 0. The van der Waals surface area contributed by atoms with Crippen molar-refractivity contribution in [1.82, 2.24) is 5.32 Å². The van der Waals surface area contributed by atoms with E-state index in [0.717, 1.165) is 57.8 Å². The molecule has 6 heteroatoms. The van der Waals surface area contributed by atoms with Crippen LogP contribution in [0.25, 0.3) is 0 Å². The average molecular weight is 1090 g/mol. The molecule has 0 heterocycles. The van der Waals surface area contributed by atoms with Crippen molar-refractivity contribution in [2.45, 2.75) is 373 Å². The summed E-state index contributed by atoms with van der Waals surface area (Å²) in [6.07, 6.45) is 88.6. The number of amides is 1. The number of rotatable bonds is 64. The Morgan fingerprint density at radius 2 is 0.641 bits per heavy atom. The molecule has 78 heavy (non-hydrogen) atoms. The second-order valence-corrected chi connectivity index (χ2v) is 23.5. The van der Waals surface area contributed by atoms with Crippen LogP contribution in [-0.4, -0.2) is 47.4 Å². The third-order valence-corrected chi connectivity index (χ3v) is 15.8. The van der Waals surface area contributed by atoms with Gasteiger partial charge in [0.05, 0.1) is 25.4 Å². The molecule has 0 fully saturated rings. The van der Waals surface area contributed by atoms with Crippen LogP contribution in [0.4, 0.5) is 0 Å². The number of carbonyl (C=O) groups excluding carboxylic acids is 2. The van der Waals surface area contributed by atoms with Crippen LogP contribution in [0.5, 0.6) is 0 Å². The highest BCUT2D eigenvalue weighted by molar-refractivity contribution is 5.76. The minimum atomic E-state index is -0.845. The molecule has 0 saturated carbocycles. The van der Waals surface area contributed by atoms with Crippen molar-refractivity contribution in [3.63, 3.8) is 0 Å². The number of unbranched alkanes of at least 4 members (excludes halogenated alkanes) is 45. The van der Waals surface area contributed by atoms with Gasteiger partial charge in [-0.1, -0.05) is 312 Å². The summed E-state index contributed by atoms with van der Waals surface area (Å²) in [5.41, 5.74) is 0. The fourth-order valence-electron chi connectivity index (χ4n) is 10.5. The van der Waals surface area contributed by atoms with Gasteiger partial charge in [0.15, 0.2) is 0 Å². The van der Waals surface area contributed by atoms with Crippen LogP contribution in [0.1, 0.15) is 361 Å². The highest BCUT2D eigenvalue weighted by atomic mass is 16.5. The number of ether oxygens (including phenoxy) is 1. The Balaban J connectivity index is 3.42. The van der Waals surface area contributed by atoms with Gasteiger partial charge in [-0.05, 0) is 96.3 Å². The maximum atomic E-state index is 12.5. The maximum absolute atomic E-state index is 12.5. The molecule has 0 rings (SSSR count). The largest absolute Gasteiger partial charge is 0.466 e. The zero-order valence-corrected chi connectivity index (χ0v) is 52.1. The number of aliphatic hydroxyl groups excluding tert-OH is 2. The highest BCUT2D eigenvalue weighted by Crippen LogP contribution is 2.17. The molecular weight excluding hydrogens is 959 g/mol. The Bertz CT molecular complexity index is 1350. The zero-order valence-electron chi connectivity index (χ0n) is 52.1. The molecule has 0 aliphatic heterocycles. The fourth-order valence-corrected chi connectivity index (χ4v) is 10.5. The lowest BCUT2D eigenvalue weighted by Crippen LogP contribution is -2.45. The number of hydrogen-bond donors (Lipinski definition) is 3. The van der Waals surface area contributed by atoms with Gasteiger partial charge in [-0.2, -0.15) is 0 Å². The first-order chi connectivity index (χ1) is 38.5. The van der Waals surface area contributed by atoms with Crippen molar-refractivity contribution in [3.8, 4) is 0 Å². The predicted octanol–water partition coefficient (Wildman–Crippen LogP) is 22.3. The molecule has 0 aliphatic rings. The van der Waals surface area contributed by atoms with E-state index >= 15 is 0 Å². The minimum absolute atomic E-state index is 0.00144. The van der Waals surface area contributed by atoms with E-state index in [2.05, 4.69) is 67.8 Å². The number of esters is 1. The predicted molar refractivity (Wildman–Crippen MR) is 342 cm³/mol. The second-order valence-electron chi connectivity index (χ2n) is 23.5. The Kier molecular flexibility index (Phi) is 65.0. The molecule has 2 atom stereocenters. The average Bonchev–Trinajstić information content (AvgIpc) is 3.44. The zero-order chi connectivity index (χ0) is 56.4. The molecular formula is C72H133NO5. The molecule has 0 aliphatic carbocycles. The molecule has 0 aromatic rings. The molecule has 3 N–H and O–H groups in total. The molecule has 1 amide bonds. The summed E-state index contributed by atoms with van der Waals surface area (Å²) in [6, 6.07) is -0.628. The van der Waals surface area contributed by atoms with Gasteiger partial charge < -0.3 is 20.3 Å². The number of hydrogen-bond acceptors (Lipinski definition) is 5. The first kappa shape index (κ1) is 75.6. The summed E-state index contributed by atoms with van der Waals surface area (Å²) in [7, 11) is 0. The first-order valence-electron chi connectivity index (χ1n) is 34.6. The van der Waals surface area contributed by atoms with E-state index in [9.17, 15) is 19.8 Å². The van der Waals surface area contributed by atoms with E-state index < -0.39 is 12.1 Å². The highest BCUT2D eigenvalue weighted by Gasteiger charge is 2.18. The monoisotopic (exact) mass is 1090 g/mol. The fraction of sp³-hybridized carbons (Fsp3) is 0.833. The van der Waals surface area contributed by atoms with Gasteiger partial charge in [0.2, 0.25) is 5.91 Å². The molecule has 2 unspecified atom stereocenters. The Hall–Kier alpha value is -2.44. The summed E-state index contributed by atoms with van der Waals surface area (Å²) in [5, 5.41) is 23.2. The molecule has 456 valence electrons. The van der Waals surface area contributed by atoms with E-state index in [0.29, 0.717) is 19.4 Å². The standard InChI is InChI=1S/C72H133NO5/c1-3-5-7-9-11-13-15-17-36-40-44-48-52-56-60-64-70(75)69(68-74)73-71(76)65-61-57-53-49-45-41-38-34-32-30-28-26-24-22-20-19-21-23-25-27-29-31-33-35-39-43-47-51-55-59-63-67-78-72(77)66-62-58-54-50-46-42-37-18-16-14-12-10-8-6-4-2/h12,14,18,21,23,27,29,37,60,64,69-70,74-75H,3-11,13,15-17,19-20,22,24-26,28,30-36,38-59,61-63,65-68H2,1-2H3,(H,73,76)/b14-12-,23-21-,29-27-,37-18-,64-60+. The van der Waals surface area contributed by atoms with Crippen LogP contribution in [-0.2, 0) is 14.3 Å². The van der Waals surface area contributed by atoms with E-state index in [1.807, 2.05) is 6.08 Å². The van der Waals surface area contributed by atoms with Crippen LogP contribution in [0.2, 0.25) is 0 Å². The Labute approximate surface area is 486 Å². The lowest BCUT2D eigenvalue weighted by Gasteiger charge is -2.20. The quantitative estimate of drug-likeness (QED) is 0.0320. The van der Waals surface area contributed by atoms with E-state index in [1.165, 1.54) is 276 Å². The molecule has 0 aromatic carbocycles. The lowest BCUT2D eigenvalue weighted by molar-refractivity contribution is -0.143. The van der Waals surface area contributed by atoms with Gasteiger partial charge in [-0.25, -0.2) is 0 Å². The SMILES string of the molecule is CCCCC/C=C\C/C=C\CCCCCCCC(=O)OCCCCCCCCCCC/C=C\C/C=C\CCCCCCCCCCCCCCCCCC(=O)NC(CO)C(O)/C=C/CCCCCCCCCCCCCCC. The first-order valence-corrected chi connectivity index (χ1v) is 34.6. The number of aliphatic hydroxyl groups is 2. The Morgan fingerprint density at radius 3 is 1.00 bits per heavy atom. The molecule has 0 aromatic heterocycles. The van der Waals surface area contributed by atoms with E-state index in [-0.39, 0.29) is 18.5 Å². The number of carbonyl (C=O) groups is 2. The van der Waals surface area contributed by atoms with Gasteiger partial charge >= 0.3 is 5.97 Å². The van der Waals surface area contributed by atoms with Crippen LogP contribution >= 0.6 is 0 Å². The summed E-state index contributed by atoms with van der Waals surface area (Å²) < 4.78 is 5.48. The topological polar surface area (TPSA) is 95.9 Å². The minimum Gasteiger partial charge on any atom is -0.466 e. The molecule has 0 radical (unpaired) electrons.